The SMILES string of the molecule is CCCn1nc(N)c2sc3nc(C)cc(C)c3c21.COCCn1nc(N)c2sc3nc(C)cc(C)c3c21. The monoisotopic (exact) mass is 536 g/mol. The highest BCUT2D eigenvalue weighted by molar-refractivity contribution is 7.26. The Morgan fingerprint density at radius 2 is 1.24 bits per heavy atom. The Bertz CT molecular complexity index is 1760. The smallest absolute Gasteiger partial charge is 0.163 e. The zero-order valence-corrected chi connectivity index (χ0v) is 23.7. The number of aryl methyl sites for hydroxylation is 5. The summed E-state index contributed by atoms with van der Waals surface area (Å²) >= 11 is 3.25. The van der Waals surface area contributed by atoms with Crippen molar-refractivity contribution in [2.24, 2.45) is 0 Å². The van der Waals surface area contributed by atoms with Crippen LogP contribution in [0.5, 0.6) is 0 Å². The predicted octanol–water partition coefficient (Wildman–Crippen LogP) is 5.75. The van der Waals surface area contributed by atoms with E-state index in [1.54, 1.807) is 29.8 Å². The summed E-state index contributed by atoms with van der Waals surface area (Å²) in [5, 5.41) is 11.2. The van der Waals surface area contributed by atoms with Gasteiger partial charge < -0.3 is 16.2 Å². The Hall–Kier alpha value is -3.28. The zero-order chi connectivity index (χ0) is 26.4. The molecule has 6 rings (SSSR count). The summed E-state index contributed by atoms with van der Waals surface area (Å²) in [6.07, 6.45) is 1.05. The lowest BCUT2D eigenvalue weighted by Crippen LogP contribution is -2.06. The van der Waals surface area contributed by atoms with Crippen molar-refractivity contribution < 1.29 is 4.74 Å². The van der Waals surface area contributed by atoms with Crippen LogP contribution in [0.1, 0.15) is 35.9 Å². The fraction of sp³-hybridized carbons (Fsp3) is 0.385. The summed E-state index contributed by atoms with van der Waals surface area (Å²) in [7, 11) is 1.69. The average Bonchev–Trinajstić information content (AvgIpc) is 3.55. The van der Waals surface area contributed by atoms with E-state index in [1.807, 2.05) is 23.2 Å². The third-order valence-electron chi connectivity index (χ3n) is 6.31. The number of nitrogens with two attached hydrogens (primary N) is 2. The van der Waals surface area contributed by atoms with Crippen molar-refractivity contribution in [1.82, 2.24) is 29.5 Å². The Morgan fingerprint density at radius 3 is 1.68 bits per heavy atom. The van der Waals surface area contributed by atoms with E-state index in [0.29, 0.717) is 24.8 Å². The molecule has 0 bridgehead atoms. The molecule has 0 aromatic carbocycles. The normalized spacial score (nSPS) is 11.7. The molecule has 0 radical (unpaired) electrons. The van der Waals surface area contributed by atoms with Crippen molar-refractivity contribution in [2.45, 2.75) is 54.1 Å². The molecule has 0 amide bonds. The summed E-state index contributed by atoms with van der Waals surface area (Å²) < 4.78 is 11.2. The van der Waals surface area contributed by atoms with E-state index in [-0.39, 0.29) is 0 Å². The molecule has 4 N–H and O–H groups in total. The number of rotatable bonds is 5. The highest BCUT2D eigenvalue weighted by Gasteiger charge is 2.18. The van der Waals surface area contributed by atoms with Crippen LogP contribution in [-0.4, -0.2) is 43.2 Å². The topological polar surface area (TPSA) is 123 Å². The van der Waals surface area contributed by atoms with Crippen molar-refractivity contribution in [3.63, 3.8) is 0 Å². The predicted molar refractivity (Wildman–Crippen MR) is 156 cm³/mol. The van der Waals surface area contributed by atoms with Gasteiger partial charge in [0.1, 0.15) is 9.66 Å². The first-order valence-corrected chi connectivity index (χ1v) is 13.9. The number of anilines is 2. The molecule has 0 aliphatic heterocycles. The lowest BCUT2D eigenvalue weighted by Gasteiger charge is -2.04. The van der Waals surface area contributed by atoms with Crippen LogP contribution in [-0.2, 0) is 17.8 Å². The molecule has 6 heterocycles. The zero-order valence-electron chi connectivity index (χ0n) is 22.0. The summed E-state index contributed by atoms with van der Waals surface area (Å²) in [5.41, 5.74) is 18.8. The van der Waals surface area contributed by atoms with Gasteiger partial charge in [-0.05, 0) is 57.4 Å². The molecular weight excluding hydrogens is 504 g/mol. The molecule has 194 valence electrons. The minimum absolute atomic E-state index is 0.575. The van der Waals surface area contributed by atoms with Crippen LogP contribution in [0.3, 0.4) is 0 Å². The second-order valence-corrected chi connectivity index (χ2v) is 11.3. The second-order valence-electron chi connectivity index (χ2n) is 9.29. The van der Waals surface area contributed by atoms with Gasteiger partial charge in [0.2, 0.25) is 0 Å². The molecule has 6 aromatic rings. The van der Waals surface area contributed by atoms with Crippen LogP contribution in [0.2, 0.25) is 0 Å². The van der Waals surface area contributed by atoms with Crippen LogP contribution in [0.4, 0.5) is 11.6 Å². The Balaban J connectivity index is 0.000000152. The number of hydrogen-bond acceptors (Lipinski definition) is 9. The van der Waals surface area contributed by atoms with Gasteiger partial charge in [0.15, 0.2) is 11.6 Å². The standard InChI is InChI=1S/C13H16N4OS.C13H16N4S/c1-7-6-8(2)15-13-9(7)10-11(19-13)12(14)16-17(10)4-5-18-3;1-4-5-17-10-9-7(2)6-8(3)15-13(9)18-11(10)12(14)16-17/h6H,4-5H2,1-3H3,(H2,14,16);6H,4-5H2,1-3H3,(H2,14,16). The van der Waals surface area contributed by atoms with Crippen molar-refractivity contribution in [3.05, 3.63) is 34.6 Å². The molecule has 0 aliphatic carbocycles. The van der Waals surface area contributed by atoms with E-state index < -0.39 is 0 Å². The van der Waals surface area contributed by atoms with Crippen LogP contribution in [0, 0.1) is 27.7 Å². The van der Waals surface area contributed by atoms with Gasteiger partial charge in [-0.15, -0.1) is 22.7 Å². The quantitative estimate of drug-likeness (QED) is 0.288. The maximum absolute atomic E-state index is 6.01. The Labute approximate surface area is 223 Å². The Kier molecular flexibility index (Phi) is 6.78. The second kappa shape index (κ2) is 9.88. The minimum Gasteiger partial charge on any atom is -0.383 e. The summed E-state index contributed by atoms with van der Waals surface area (Å²) in [6.45, 7) is 12.6. The third-order valence-corrected chi connectivity index (χ3v) is 8.50. The van der Waals surface area contributed by atoms with Crippen LogP contribution in [0.15, 0.2) is 12.1 Å². The van der Waals surface area contributed by atoms with E-state index in [0.717, 1.165) is 59.8 Å². The molecule has 0 fully saturated rings. The summed E-state index contributed by atoms with van der Waals surface area (Å²) in [6, 6.07) is 4.21. The van der Waals surface area contributed by atoms with E-state index in [2.05, 4.69) is 53.1 Å². The Morgan fingerprint density at radius 1 is 0.784 bits per heavy atom. The molecular formula is C26H32N8OS2. The number of aromatic nitrogens is 6. The number of fused-ring (bicyclic) bond motifs is 6. The van der Waals surface area contributed by atoms with Gasteiger partial charge in [0.05, 0.1) is 33.6 Å². The number of nitrogens with zero attached hydrogens (tertiary/aromatic N) is 6. The lowest BCUT2D eigenvalue weighted by molar-refractivity contribution is 0.185. The minimum atomic E-state index is 0.575. The van der Waals surface area contributed by atoms with Crippen molar-refractivity contribution in [3.8, 4) is 0 Å². The third kappa shape index (κ3) is 4.41. The molecule has 0 spiro atoms. The van der Waals surface area contributed by atoms with Gasteiger partial charge in [-0.3, -0.25) is 9.36 Å². The first kappa shape index (κ1) is 25.4. The maximum atomic E-state index is 6.01. The van der Waals surface area contributed by atoms with Crippen LogP contribution in [0.25, 0.3) is 40.9 Å². The van der Waals surface area contributed by atoms with Crippen molar-refractivity contribution >= 4 is 75.2 Å². The van der Waals surface area contributed by atoms with Gasteiger partial charge in [-0.25, -0.2) is 9.97 Å². The first-order valence-electron chi connectivity index (χ1n) is 12.3. The number of thiophene rings is 2. The lowest BCUT2D eigenvalue weighted by atomic mass is 10.1. The molecule has 6 aromatic heterocycles. The van der Waals surface area contributed by atoms with Gasteiger partial charge in [-0.2, -0.15) is 10.2 Å². The van der Waals surface area contributed by atoms with Crippen LogP contribution >= 0.6 is 22.7 Å². The van der Waals surface area contributed by atoms with E-state index >= 15 is 0 Å². The van der Waals surface area contributed by atoms with Crippen LogP contribution < -0.4 is 11.5 Å². The number of ether oxygens (including phenoxy) is 1. The maximum Gasteiger partial charge on any atom is 0.163 e. The molecule has 37 heavy (non-hydrogen) atoms. The van der Waals surface area contributed by atoms with Crippen molar-refractivity contribution in [2.75, 3.05) is 25.2 Å². The average molecular weight is 537 g/mol. The highest BCUT2D eigenvalue weighted by Crippen LogP contribution is 2.39. The van der Waals surface area contributed by atoms with E-state index in [4.69, 9.17) is 16.2 Å². The molecule has 11 heteroatoms. The molecule has 9 nitrogen and oxygen atoms in total. The van der Waals surface area contributed by atoms with Gasteiger partial charge in [0, 0.05) is 35.8 Å². The number of methoxy groups -OCH3 is 1. The molecule has 0 saturated heterocycles. The van der Waals surface area contributed by atoms with Crippen molar-refractivity contribution in [1.29, 1.82) is 0 Å². The molecule has 0 saturated carbocycles. The largest absolute Gasteiger partial charge is 0.383 e. The highest BCUT2D eigenvalue weighted by atomic mass is 32.1. The molecule has 0 unspecified atom stereocenters. The van der Waals surface area contributed by atoms with Gasteiger partial charge in [0.25, 0.3) is 0 Å². The van der Waals surface area contributed by atoms with Gasteiger partial charge in [-0.1, -0.05) is 6.92 Å². The summed E-state index contributed by atoms with van der Waals surface area (Å²) in [5.74, 6) is 1.20. The fourth-order valence-corrected chi connectivity index (χ4v) is 7.23. The fourth-order valence-electron chi connectivity index (χ4n) is 4.85. The van der Waals surface area contributed by atoms with E-state index in [9.17, 15) is 0 Å². The summed E-state index contributed by atoms with van der Waals surface area (Å²) in [4.78, 5) is 11.3. The van der Waals surface area contributed by atoms with Gasteiger partial charge >= 0.3 is 0 Å². The number of nitrogen functional groups attached to an aromatic ring is 2. The molecule has 0 atom stereocenters. The first-order chi connectivity index (χ1) is 17.7. The van der Waals surface area contributed by atoms with E-state index in [1.165, 1.54) is 16.5 Å². The number of hydrogen-bond donors (Lipinski definition) is 2. The molecule has 0 aliphatic rings. The number of pyridine rings is 2.